The van der Waals surface area contributed by atoms with Crippen molar-refractivity contribution in [1.29, 1.82) is 5.26 Å². The van der Waals surface area contributed by atoms with Crippen LogP contribution >= 0.6 is 11.8 Å². The number of nitriles is 1. The van der Waals surface area contributed by atoms with Crippen molar-refractivity contribution < 1.29 is 14.3 Å². The Hall–Kier alpha value is -1.48. The molecule has 6 heteroatoms. The van der Waals surface area contributed by atoms with Crippen LogP contribution in [-0.2, 0) is 14.3 Å². The van der Waals surface area contributed by atoms with E-state index in [1.54, 1.807) is 6.07 Å². The first-order valence-corrected chi connectivity index (χ1v) is 4.69. The standard InChI is InChI=1S/C8H8N2O3S/c1-13-7(11)4-5-8(12)10-6(14-5)2-3-9/h2,5H,4H2,1H3,(H,10,12)/b6-2-. The number of hydrogen-bond acceptors (Lipinski definition) is 5. The molecule has 0 radical (unpaired) electrons. The predicted molar refractivity (Wildman–Crippen MR) is 49.9 cm³/mol. The lowest BCUT2D eigenvalue weighted by Gasteiger charge is -2.01. The van der Waals surface area contributed by atoms with Crippen molar-refractivity contribution in [2.24, 2.45) is 0 Å². The first kappa shape index (κ1) is 10.6. The Bertz CT molecular complexity index is 332. The van der Waals surface area contributed by atoms with Gasteiger partial charge < -0.3 is 10.1 Å². The molecule has 0 spiro atoms. The van der Waals surface area contributed by atoms with E-state index < -0.39 is 11.2 Å². The molecule has 0 aromatic carbocycles. The van der Waals surface area contributed by atoms with E-state index in [1.807, 2.05) is 0 Å². The number of allylic oxidation sites excluding steroid dienone is 1. The molecule has 1 fully saturated rings. The zero-order valence-corrected chi connectivity index (χ0v) is 8.26. The molecule has 74 valence electrons. The fourth-order valence-corrected chi connectivity index (χ4v) is 1.91. The van der Waals surface area contributed by atoms with E-state index in [0.29, 0.717) is 5.03 Å². The summed E-state index contributed by atoms with van der Waals surface area (Å²) in [5.74, 6) is -0.697. The highest BCUT2D eigenvalue weighted by molar-refractivity contribution is 8.04. The number of thioether (sulfide) groups is 1. The molecule has 1 heterocycles. The topological polar surface area (TPSA) is 79.2 Å². The highest BCUT2D eigenvalue weighted by Gasteiger charge is 2.31. The van der Waals surface area contributed by atoms with Crippen LogP contribution < -0.4 is 5.32 Å². The number of amides is 1. The van der Waals surface area contributed by atoms with Crippen LogP contribution in [0.1, 0.15) is 6.42 Å². The van der Waals surface area contributed by atoms with Crippen molar-refractivity contribution >= 4 is 23.6 Å². The molecule has 1 amide bonds. The van der Waals surface area contributed by atoms with Crippen molar-refractivity contribution in [3.63, 3.8) is 0 Å². The highest BCUT2D eigenvalue weighted by Crippen LogP contribution is 2.28. The number of methoxy groups -OCH3 is 1. The van der Waals surface area contributed by atoms with E-state index in [4.69, 9.17) is 5.26 Å². The number of nitrogens with zero attached hydrogens (tertiary/aromatic N) is 1. The van der Waals surface area contributed by atoms with E-state index in [-0.39, 0.29) is 12.3 Å². The third kappa shape index (κ3) is 2.50. The molecule has 1 N–H and O–H groups in total. The average Bonchev–Trinajstić information content (AvgIpc) is 2.47. The van der Waals surface area contributed by atoms with Crippen molar-refractivity contribution in [1.82, 2.24) is 5.32 Å². The summed E-state index contributed by atoms with van der Waals surface area (Å²) in [7, 11) is 1.27. The van der Waals surface area contributed by atoms with E-state index in [0.717, 1.165) is 11.8 Å². The van der Waals surface area contributed by atoms with Gasteiger partial charge in [0.25, 0.3) is 0 Å². The monoisotopic (exact) mass is 212 g/mol. The smallest absolute Gasteiger partial charge is 0.307 e. The van der Waals surface area contributed by atoms with Gasteiger partial charge in [0.05, 0.1) is 24.6 Å². The first-order valence-electron chi connectivity index (χ1n) is 3.81. The van der Waals surface area contributed by atoms with Gasteiger partial charge in [0.2, 0.25) is 5.91 Å². The molecule has 0 aromatic heterocycles. The van der Waals surface area contributed by atoms with E-state index in [1.165, 1.54) is 13.2 Å². The normalized spacial score (nSPS) is 23.0. The number of rotatable bonds is 2. The Labute approximate surface area is 85.1 Å². The Morgan fingerprint density at radius 2 is 2.57 bits per heavy atom. The third-order valence-corrected chi connectivity index (χ3v) is 2.72. The van der Waals surface area contributed by atoms with Crippen molar-refractivity contribution in [2.45, 2.75) is 11.7 Å². The molecule has 0 aliphatic carbocycles. The molecule has 0 bridgehead atoms. The lowest BCUT2D eigenvalue weighted by molar-refractivity contribution is -0.141. The second-order valence-electron chi connectivity index (χ2n) is 2.51. The molecule has 1 saturated heterocycles. The second-order valence-corrected chi connectivity index (χ2v) is 3.76. The number of esters is 1. The zero-order chi connectivity index (χ0) is 10.6. The van der Waals surface area contributed by atoms with Crippen molar-refractivity contribution in [3.05, 3.63) is 11.1 Å². The van der Waals surface area contributed by atoms with E-state index in [2.05, 4.69) is 10.1 Å². The minimum Gasteiger partial charge on any atom is -0.469 e. The quantitative estimate of drug-likeness (QED) is 0.520. The minimum atomic E-state index is -0.484. The van der Waals surface area contributed by atoms with Gasteiger partial charge in [-0.1, -0.05) is 11.8 Å². The lowest BCUT2D eigenvalue weighted by atomic mass is 10.3. The second kappa shape index (κ2) is 4.67. The molecule has 1 atom stereocenters. The number of ether oxygens (including phenoxy) is 1. The third-order valence-electron chi connectivity index (χ3n) is 1.58. The Morgan fingerprint density at radius 1 is 1.86 bits per heavy atom. The summed E-state index contributed by atoms with van der Waals surface area (Å²) in [6.07, 6.45) is 1.26. The van der Waals surface area contributed by atoms with Crippen LogP contribution in [0.25, 0.3) is 0 Å². The van der Waals surface area contributed by atoms with Gasteiger partial charge in [-0.25, -0.2) is 0 Å². The molecule has 1 aliphatic heterocycles. The van der Waals surface area contributed by atoms with Gasteiger partial charge in [-0.15, -0.1) is 0 Å². The summed E-state index contributed by atoms with van der Waals surface area (Å²) in [6.45, 7) is 0. The molecule has 5 nitrogen and oxygen atoms in total. The van der Waals surface area contributed by atoms with Gasteiger partial charge in [-0.3, -0.25) is 9.59 Å². The molecule has 0 saturated carbocycles. The molecule has 1 unspecified atom stereocenters. The Morgan fingerprint density at radius 3 is 3.14 bits per heavy atom. The van der Waals surface area contributed by atoms with Gasteiger partial charge in [-0.2, -0.15) is 5.26 Å². The van der Waals surface area contributed by atoms with E-state index in [9.17, 15) is 9.59 Å². The molecule has 1 aliphatic rings. The molecule has 14 heavy (non-hydrogen) atoms. The largest absolute Gasteiger partial charge is 0.469 e. The fraction of sp³-hybridized carbons (Fsp3) is 0.375. The van der Waals surface area contributed by atoms with Crippen LogP contribution in [-0.4, -0.2) is 24.2 Å². The summed E-state index contributed by atoms with van der Waals surface area (Å²) in [4.78, 5) is 22.1. The van der Waals surface area contributed by atoms with Crippen LogP contribution in [0.5, 0.6) is 0 Å². The van der Waals surface area contributed by atoms with Crippen LogP contribution in [0.15, 0.2) is 11.1 Å². The highest BCUT2D eigenvalue weighted by atomic mass is 32.2. The number of carbonyl (C=O) groups is 2. The summed E-state index contributed by atoms with van der Waals surface area (Å²) in [6, 6.07) is 1.80. The summed E-state index contributed by atoms with van der Waals surface area (Å²) >= 11 is 1.16. The first-order chi connectivity index (χ1) is 6.67. The fourth-order valence-electron chi connectivity index (χ4n) is 0.936. The predicted octanol–water partition coefficient (Wildman–Crippen LogP) is 0.146. The van der Waals surface area contributed by atoms with Crippen LogP contribution in [0, 0.1) is 11.3 Å². The van der Waals surface area contributed by atoms with Crippen LogP contribution in [0.2, 0.25) is 0 Å². The zero-order valence-electron chi connectivity index (χ0n) is 7.44. The number of hydrogen-bond donors (Lipinski definition) is 1. The maximum atomic E-state index is 11.2. The lowest BCUT2D eigenvalue weighted by Crippen LogP contribution is -2.24. The van der Waals surface area contributed by atoms with Crippen molar-refractivity contribution in [2.75, 3.05) is 7.11 Å². The number of carbonyl (C=O) groups excluding carboxylic acids is 2. The van der Waals surface area contributed by atoms with Crippen molar-refractivity contribution in [3.8, 4) is 6.07 Å². The average molecular weight is 212 g/mol. The molecular weight excluding hydrogens is 204 g/mol. The summed E-state index contributed by atoms with van der Waals surface area (Å²) < 4.78 is 4.44. The summed E-state index contributed by atoms with van der Waals surface area (Å²) in [5, 5.41) is 10.8. The minimum absolute atomic E-state index is 0.0236. The SMILES string of the molecule is COC(=O)CC1S/C(=C\C#N)NC1=O. The maximum absolute atomic E-state index is 11.2. The molecular formula is C8H8N2O3S. The Balaban J connectivity index is 2.58. The van der Waals surface area contributed by atoms with Crippen LogP contribution in [0.4, 0.5) is 0 Å². The van der Waals surface area contributed by atoms with Gasteiger partial charge in [0.1, 0.15) is 5.25 Å². The Kier molecular flexibility index (Phi) is 3.54. The molecule has 0 aromatic rings. The van der Waals surface area contributed by atoms with E-state index >= 15 is 0 Å². The van der Waals surface area contributed by atoms with Gasteiger partial charge >= 0.3 is 5.97 Å². The maximum Gasteiger partial charge on any atom is 0.307 e. The van der Waals surface area contributed by atoms with Gasteiger partial charge in [-0.05, 0) is 0 Å². The number of nitrogens with one attached hydrogen (secondary N) is 1. The van der Waals surface area contributed by atoms with Gasteiger partial charge in [0, 0.05) is 6.08 Å². The molecule has 1 rings (SSSR count). The summed E-state index contributed by atoms with van der Waals surface area (Å²) in [5.41, 5.74) is 0. The van der Waals surface area contributed by atoms with Gasteiger partial charge in [0.15, 0.2) is 0 Å². The van der Waals surface area contributed by atoms with Crippen LogP contribution in [0.3, 0.4) is 0 Å².